The number of pyridine rings is 1. The number of nitrogens with zero attached hydrogens (tertiary/aromatic N) is 3. The molecule has 0 unspecified atom stereocenters. The van der Waals surface area contributed by atoms with E-state index in [1.165, 1.54) is 18.7 Å². The first-order valence-electron chi connectivity index (χ1n) is 6.23. The van der Waals surface area contributed by atoms with Crippen molar-refractivity contribution in [3.63, 3.8) is 0 Å². The van der Waals surface area contributed by atoms with E-state index in [-0.39, 0.29) is 0 Å². The minimum atomic E-state index is 0.540. The molecule has 2 aromatic rings. The van der Waals surface area contributed by atoms with Crippen molar-refractivity contribution in [1.29, 1.82) is 0 Å². The summed E-state index contributed by atoms with van der Waals surface area (Å²) in [5.74, 6) is 1.24. The molecule has 0 spiro atoms. The standard InChI is InChI=1S/C13H18N4/c1-10-11(9-14)17-12(15-10)5-4-6-13(17)16-7-2-3-8-16/h4-6H,2-3,7-9,14H2,1H3. The highest BCUT2D eigenvalue weighted by atomic mass is 15.2. The van der Waals surface area contributed by atoms with Gasteiger partial charge in [-0.2, -0.15) is 0 Å². The van der Waals surface area contributed by atoms with E-state index in [2.05, 4.69) is 26.4 Å². The average molecular weight is 230 g/mol. The molecule has 3 rings (SSSR count). The van der Waals surface area contributed by atoms with E-state index in [9.17, 15) is 0 Å². The van der Waals surface area contributed by atoms with Gasteiger partial charge in [0.2, 0.25) is 0 Å². The van der Waals surface area contributed by atoms with Crippen LogP contribution in [-0.4, -0.2) is 22.5 Å². The van der Waals surface area contributed by atoms with E-state index in [4.69, 9.17) is 5.73 Å². The molecule has 1 aliphatic heterocycles. The third-order valence-corrected chi connectivity index (χ3v) is 3.54. The van der Waals surface area contributed by atoms with Crippen molar-refractivity contribution in [1.82, 2.24) is 9.38 Å². The molecule has 0 aliphatic carbocycles. The van der Waals surface area contributed by atoms with Gasteiger partial charge >= 0.3 is 0 Å². The number of fused-ring (bicyclic) bond motifs is 1. The van der Waals surface area contributed by atoms with E-state index in [0.717, 1.165) is 30.1 Å². The molecule has 0 aromatic carbocycles. The molecule has 0 atom stereocenters. The van der Waals surface area contributed by atoms with Crippen LogP contribution in [0.5, 0.6) is 0 Å². The van der Waals surface area contributed by atoms with Gasteiger partial charge in [-0.25, -0.2) is 4.98 Å². The Kier molecular flexibility index (Phi) is 2.52. The van der Waals surface area contributed by atoms with Gasteiger partial charge in [0.25, 0.3) is 0 Å². The van der Waals surface area contributed by atoms with Crippen molar-refractivity contribution in [2.24, 2.45) is 5.73 Å². The fraction of sp³-hybridized carbons (Fsp3) is 0.462. The third-order valence-electron chi connectivity index (χ3n) is 3.54. The summed E-state index contributed by atoms with van der Waals surface area (Å²) >= 11 is 0. The molecule has 4 heteroatoms. The second-order valence-corrected chi connectivity index (χ2v) is 4.62. The molecule has 0 radical (unpaired) electrons. The smallest absolute Gasteiger partial charge is 0.138 e. The zero-order chi connectivity index (χ0) is 11.8. The summed E-state index contributed by atoms with van der Waals surface area (Å²) in [6, 6.07) is 6.29. The maximum atomic E-state index is 5.85. The fourth-order valence-electron chi connectivity index (χ4n) is 2.68. The Morgan fingerprint density at radius 3 is 2.76 bits per heavy atom. The predicted molar refractivity (Wildman–Crippen MR) is 69.3 cm³/mol. The molecule has 90 valence electrons. The minimum absolute atomic E-state index is 0.540. The summed E-state index contributed by atoms with van der Waals surface area (Å²) in [6.07, 6.45) is 2.56. The predicted octanol–water partition coefficient (Wildman–Crippen LogP) is 1.70. The van der Waals surface area contributed by atoms with E-state index >= 15 is 0 Å². The summed E-state index contributed by atoms with van der Waals surface area (Å²) < 4.78 is 2.21. The summed E-state index contributed by atoms with van der Waals surface area (Å²) in [5.41, 5.74) is 9.02. The fourth-order valence-corrected chi connectivity index (χ4v) is 2.68. The van der Waals surface area contributed by atoms with Crippen molar-refractivity contribution in [3.8, 4) is 0 Å². The first kappa shape index (κ1) is 10.6. The van der Waals surface area contributed by atoms with Gasteiger partial charge in [0.15, 0.2) is 0 Å². The second-order valence-electron chi connectivity index (χ2n) is 4.62. The highest BCUT2D eigenvalue weighted by Crippen LogP contribution is 2.24. The van der Waals surface area contributed by atoms with Gasteiger partial charge in [0, 0.05) is 19.6 Å². The van der Waals surface area contributed by atoms with Gasteiger partial charge in [0.1, 0.15) is 11.5 Å². The van der Waals surface area contributed by atoms with Crippen molar-refractivity contribution in [2.75, 3.05) is 18.0 Å². The normalized spacial score (nSPS) is 16.0. The minimum Gasteiger partial charge on any atom is -0.358 e. The molecule has 2 aromatic heterocycles. The SMILES string of the molecule is Cc1nc2cccc(N3CCCC3)n2c1CN. The summed E-state index contributed by atoms with van der Waals surface area (Å²) in [7, 11) is 0. The van der Waals surface area contributed by atoms with Crippen LogP contribution in [0.4, 0.5) is 5.82 Å². The van der Waals surface area contributed by atoms with Gasteiger partial charge in [0.05, 0.1) is 11.4 Å². The van der Waals surface area contributed by atoms with E-state index in [0.29, 0.717) is 6.54 Å². The molecule has 0 amide bonds. The third kappa shape index (κ3) is 1.60. The second kappa shape index (κ2) is 4.04. The summed E-state index contributed by atoms with van der Waals surface area (Å²) in [6.45, 7) is 4.85. The number of aromatic nitrogens is 2. The van der Waals surface area contributed by atoms with Crippen LogP contribution in [0.15, 0.2) is 18.2 Å². The Balaban J connectivity index is 2.22. The van der Waals surface area contributed by atoms with Crippen LogP contribution in [0.25, 0.3) is 5.65 Å². The van der Waals surface area contributed by atoms with Crippen LogP contribution < -0.4 is 10.6 Å². The first-order chi connectivity index (χ1) is 8.31. The Hall–Kier alpha value is -1.55. The number of hydrogen-bond donors (Lipinski definition) is 1. The number of anilines is 1. The van der Waals surface area contributed by atoms with Crippen molar-refractivity contribution in [3.05, 3.63) is 29.6 Å². The highest BCUT2D eigenvalue weighted by Gasteiger charge is 2.17. The lowest BCUT2D eigenvalue weighted by atomic mass is 10.3. The van der Waals surface area contributed by atoms with Gasteiger partial charge in [-0.15, -0.1) is 0 Å². The molecule has 0 bridgehead atoms. The zero-order valence-corrected chi connectivity index (χ0v) is 10.2. The first-order valence-corrected chi connectivity index (χ1v) is 6.23. The van der Waals surface area contributed by atoms with Crippen LogP contribution in [0, 0.1) is 6.92 Å². The Morgan fingerprint density at radius 2 is 2.06 bits per heavy atom. The lowest BCUT2D eigenvalue weighted by molar-refractivity contribution is 0.876. The largest absolute Gasteiger partial charge is 0.358 e. The number of imidazole rings is 1. The zero-order valence-electron chi connectivity index (χ0n) is 10.2. The maximum absolute atomic E-state index is 5.85. The molecule has 4 nitrogen and oxygen atoms in total. The molecule has 1 saturated heterocycles. The molecule has 1 aliphatic rings. The topological polar surface area (TPSA) is 46.6 Å². The molecule has 3 heterocycles. The quantitative estimate of drug-likeness (QED) is 0.854. The van der Waals surface area contributed by atoms with E-state index in [1.807, 2.05) is 13.0 Å². The van der Waals surface area contributed by atoms with E-state index < -0.39 is 0 Å². The van der Waals surface area contributed by atoms with Gasteiger partial charge < -0.3 is 10.6 Å². The van der Waals surface area contributed by atoms with Crippen LogP contribution in [0.1, 0.15) is 24.2 Å². The van der Waals surface area contributed by atoms with Gasteiger partial charge in [-0.05, 0) is 31.9 Å². The molecule has 1 fully saturated rings. The number of aryl methyl sites for hydroxylation is 1. The van der Waals surface area contributed by atoms with Crippen LogP contribution in [0.2, 0.25) is 0 Å². The lowest BCUT2D eigenvalue weighted by Gasteiger charge is -2.20. The van der Waals surface area contributed by atoms with Gasteiger partial charge in [-0.1, -0.05) is 6.07 Å². The molecule has 2 N–H and O–H groups in total. The van der Waals surface area contributed by atoms with Crippen molar-refractivity contribution >= 4 is 11.5 Å². The Labute approximate surface area is 101 Å². The highest BCUT2D eigenvalue weighted by molar-refractivity contribution is 5.55. The van der Waals surface area contributed by atoms with Crippen LogP contribution in [-0.2, 0) is 6.54 Å². The monoisotopic (exact) mass is 230 g/mol. The van der Waals surface area contributed by atoms with Crippen LogP contribution in [0.3, 0.4) is 0 Å². The van der Waals surface area contributed by atoms with E-state index in [1.54, 1.807) is 0 Å². The maximum Gasteiger partial charge on any atom is 0.138 e. The Bertz CT molecular complexity index is 538. The number of nitrogens with two attached hydrogens (primary N) is 1. The van der Waals surface area contributed by atoms with Gasteiger partial charge in [-0.3, -0.25) is 4.40 Å². The molecular formula is C13H18N4. The summed E-state index contributed by atoms with van der Waals surface area (Å²) in [5, 5.41) is 0. The number of hydrogen-bond acceptors (Lipinski definition) is 3. The average Bonchev–Trinajstić information content (AvgIpc) is 2.93. The molecule has 0 saturated carbocycles. The summed E-state index contributed by atoms with van der Waals surface area (Å²) in [4.78, 5) is 7.00. The number of rotatable bonds is 2. The lowest BCUT2D eigenvalue weighted by Crippen LogP contribution is -2.21. The van der Waals surface area contributed by atoms with Crippen LogP contribution >= 0.6 is 0 Å². The van der Waals surface area contributed by atoms with Crippen molar-refractivity contribution in [2.45, 2.75) is 26.3 Å². The van der Waals surface area contributed by atoms with Crippen molar-refractivity contribution < 1.29 is 0 Å². The molecular weight excluding hydrogens is 212 g/mol. The Morgan fingerprint density at radius 1 is 1.29 bits per heavy atom. The molecule has 17 heavy (non-hydrogen) atoms.